The van der Waals surface area contributed by atoms with E-state index < -0.39 is 0 Å². The van der Waals surface area contributed by atoms with Gasteiger partial charge in [0.15, 0.2) is 0 Å². The van der Waals surface area contributed by atoms with Crippen molar-refractivity contribution in [2.75, 3.05) is 0 Å². The fourth-order valence-corrected chi connectivity index (χ4v) is 3.86. The maximum atomic E-state index is 6.49. The highest BCUT2D eigenvalue weighted by molar-refractivity contribution is 9.10. The summed E-state index contributed by atoms with van der Waals surface area (Å²) in [6.45, 7) is 4.06. The van der Waals surface area contributed by atoms with Crippen LogP contribution in [0, 0.1) is 13.8 Å². The summed E-state index contributed by atoms with van der Waals surface area (Å²) >= 11 is 17.6. The quantitative estimate of drug-likeness (QED) is 0.574. The molecule has 1 aromatic carbocycles. The number of hydrogen-bond acceptors (Lipinski definition) is 1. The molecular formula is C13H11BrCl2S. The second-order valence-corrected chi connectivity index (χ2v) is 7.07. The van der Waals surface area contributed by atoms with Crippen LogP contribution in [-0.2, 0) is 0 Å². The van der Waals surface area contributed by atoms with Crippen molar-refractivity contribution in [1.29, 1.82) is 0 Å². The van der Waals surface area contributed by atoms with Crippen molar-refractivity contribution in [3.63, 3.8) is 0 Å². The summed E-state index contributed by atoms with van der Waals surface area (Å²) in [5.74, 6) is 0. The first-order valence-corrected chi connectivity index (χ1v) is 7.57. The third kappa shape index (κ3) is 3.05. The van der Waals surface area contributed by atoms with E-state index in [-0.39, 0.29) is 5.38 Å². The Morgan fingerprint density at radius 3 is 2.41 bits per heavy atom. The molecule has 90 valence electrons. The maximum absolute atomic E-state index is 6.49. The monoisotopic (exact) mass is 348 g/mol. The Bertz CT molecular complexity index is 509. The average molecular weight is 350 g/mol. The molecule has 0 bridgehead atoms. The molecule has 1 atom stereocenters. The molecule has 0 amide bonds. The van der Waals surface area contributed by atoms with Gasteiger partial charge in [0, 0.05) is 9.35 Å². The summed E-state index contributed by atoms with van der Waals surface area (Å²) in [6, 6.07) is 8.28. The number of thiophene rings is 1. The number of rotatable bonds is 2. The molecule has 2 rings (SSSR count). The van der Waals surface area contributed by atoms with Gasteiger partial charge in [0.2, 0.25) is 0 Å². The number of benzene rings is 1. The SMILES string of the molecule is Cc1cc(Br)cc(C(Cl)c2cc(C)c(Cl)s2)c1. The number of alkyl halides is 1. The topological polar surface area (TPSA) is 0 Å². The lowest BCUT2D eigenvalue weighted by Gasteiger charge is -2.09. The summed E-state index contributed by atoms with van der Waals surface area (Å²) in [7, 11) is 0. The first kappa shape index (κ1) is 13.4. The molecule has 17 heavy (non-hydrogen) atoms. The number of aryl methyl sites for hydroxylation is 2. The number of halogens is 3. The van der Waals surface area contributed by atoms with E-state index in [4.69, 9.17) is 23.2 Å². The molecule has 0 aliphatic rings. The first-order chi connectivity index (χ1) is 7.97. The van der Waals surface area contributed by atoms with Gasteiger partial charge in [0.1, 0.15) is 0 Å². The fourth-order valence-electron chi connectivity index (χ4n) is 1.68. The van der Waals surface area contributed by atoms with Gasteiger partial charge in [0.05, 0.1) is 9.71 Å². The van der Waals surface area contributed by atoms with E-state index in [1.54, 1.807) is 11.3 Å². The molecule has 0 saturated carbocycles. The van der Waals surface area contributed by atoms with Crippen LogP contribution in [0.15, 0.2) is 28.7 Å². The van der Waals surface area contributed by atoms with Gasteiger partial charge in [-0.2, -0.15) is 0 Å². The highest BCUT2D eigenvalue weighted by Gasteiger charge is 2.15. The molecule has 0 spiro atoms. The van der Waals surface area contributed by atoms with Crippen molar-refractivity contribution in [2.24, 2.45) is 0 Å². The minimum absolute atomic E-state index is 0.137. The Hall–Kier alpha value is -0.0200. The van der Waals surface area contributed by atoms with Gasteiger partial charge in [-0.15, -0.1) is 22.9 Å². The van der Waals surface area contributed by atoms with Crippen molar-refractivity contribution in [3.8, 4) is 0 Å². The zero-order chi connectivity index (χ0) is 12.6. The Balaban J connectivity index is 2.39. The maximum Gasteiger partial charge on any atom is 0.0960 e. The summed E-state index contributed by atoms with van der Waals surface area (Å²) in [5.41, 5.74) is 3.37. The van der Waals surface area contributed by atoms with Crippen LogP contribution in [-0.4, -0.2) is 0 Å². The van der Waals surface area contributed by atoms with E-state index in [0.29, 0.717) is 0 Å². The molecular weight excluding hydrogens is 339 g/mol. The van der Waals surface area contributed by atoms with Gasteiger partial charge in [-0.25, -0.2) is 0 Å². The van der Waals surface area contributed by atoms with Crippen LogP contribution >= 0.6 is 50.5 Å². The third-order valence-corrected chi connectivity index (χ3v) is 5.18. The minimum Gasteiger partial charge on any atom is -0.126 e. The Kier molecular flexibility index (Phi) is 4.19. The normalized spacial score (nSPS) is 12.8. The lowest BCUT2D eigenvalue weighted by atomic mass is 10.1. The van der Waals surface area contributed by atoms with Crippen LogP contribution in [0.4, 0.5) is 0 Å². The van der Waals surface area contributed by atoms with Gasteiger partial charge in [-0.3, -0.25) is 0 Å². The van der Waals surface area contributed by atoms with Gasteiger partial charge in [-0.1, -0.05) is 33.6 Å². The lowest BCUT2D eigenvalue weighted by Crippen LogP contribution is -1.91. The van der Waals surface area contributed by atoms with E-state index in [0.717, 1.165) is 24.8 Å². The lowest BCUT2D eigenvalue weighted by molar-refractivity contribution is 1.16. The largest absolute Gasteiger partial charge is 0.126 e. The van der Waals surface area contributed by atoms with Crippen LogP contribution in [0.3, 0.4) is 0 Å². The zero-order valence-electron chi connectivity index (χ0n) is 9.43. The highest BCUT2D eigenvalue weighted by Crippen LogP contribution is 2.38. The highest BCUT2D eigenvalue weighted by atomic mass is 79.9. The molecule has 4 heteroatoms. The van der Waals surface area contributed by atoms with Crippen molar-refractivity contribution in [3.05, 3.63) is 54.6 Å². The molecule has 0 aliphatic carbocycles. The summed E-state index contributed by atoms with van der Waals surface area (Å²) in [5, 5.41) is -0.137. The molecule has 1 unspecified atom stereocenters. The molecule has 0 nitrogen and oxygen atoms in total. The van der Waals surface area contributed by atoms with Crippen molar-refractivity contribution in [2.45, 2.75) is 19.2 Å². The second-order valence-electron chi connectivity index (χ2n) is 4.03. The van der Waals surface area contributed by atoms with Crippen molar-refractivity contribution < 1.29 is 0 Å². The molecule has 0 radical (unpaired) electrons. The molecule has 0 fully saturated rings. The van der Waals surface area contributed by atoms with E-state index in [1.807, 2.05) is 13.0 Å². The first-order valence-electron chi connectivity index (χ1n) is 5.14. The second kappa shape index (κ2) is 5.31. The molecule has 0 saturated heterocycles. The Labute approximate surface area is 124 Å². The van der Waals surface area contributed by atoms with Gasteiger partial charge < -0.3 is 0 Å². The predicted molar refractivity (Wildman–Crippen MR) is 80.6 cm³/mol. The van der Waals surface area contributed by atoms with Crippen LogP contribution in [0.5, 0.6) is 0 Å². The molecule has 0 N–H and O–H groups in total. The van der Waals surface area contributed by atoms with Gasteiger partial charge in [-0.05, 0) is 48.7 Å². The Morgan fingerprint density at radius 1 is 1.18 bits per heavy atom. The number of hydrogen-bond donors (Lipinski definition) is 0. The molecule has 0 aliphatic heterocycles. The molecule has 1 aromatic heterocycles. The van der Waals surface area contributed by atoms with Gasteiger partial charge >= 0.3 is 0 Å². The summed E-state index contributed by atoms with van der Waals surface area (Å²) in [4.78, 5) is 1.09. The van der Waals surface area contributed by atoms with E-state index in [9.17, 15) is 0 Å². The van der Waals surface area contributed by atoms with Crippen molar-refractivity contribution in [1.82, 2.24) is 0 Å². The van der Waals surface area contributed by atoms with Crippen LogP contribution in [0.25, 0.3) is 0 Å². The standard InChI is InChI=1S/C13H11BrCl2S/c1-7-3-9(6-10(14)4-7)12(15)11-5-8(2)13(16)17-11/h3-6,12H,1-2H3. The van der Waals surface area contributed by atoms with E-state index in [2.05, 4.69) is 41.1 Å². The van der Waals surface area contributed by atoms with E-state index in [1.165, 1.54) is 5.56 Å². The predicted octanol–water partition coefficient (Wildman–Crippen LogP) is 6.11. The minimum atomic E-state index is -0.137. The molecule has 2 aromatic rings. The zero-order valence-corrected chi connectivity index (χ0v) is 13.3. The Morgan fingerprint density at radius 2 is 1.88 bits per heavy atom. The van der Waals surface area contributed by atoms with Crippen LogP contribution in [0.1, 0.15) is 26.9 Å². The summed E-state index contributed by atoms with van der Waals surface area (Å²) in [6.07, 6.45) is 0. The smallest absolute Gasteiger partial charge is 0.0960 e. The van der Waals surface area contributed by atoms with Gasteiger partial charge in [0.25, 0.3) is 0 Å². The van der Waals surface area contributed by atoms with Crippen LogP contribution < -0.4 is 0 Å². The van der Waals surface area contributed by atoms with E-state index >= 15 is 0 Å². The molecule has 1 heterocycles. The summed E-state index contributed by atoms with van der Waals surface area (Å²) < 4.78 is 1.87. The van der Waals surface area contributed by atoms with Crippen molar-refractivity contribution >= 4 is 50.5 Å². The fraction of sp³-hybridized carbons (Fsp3) is 0.231. The third-order valence-electron chi connectivity index (χ3n) is 2.48. The average Bonchev–Trinajstić information content (AvgIpc) is 2.57. The van der Waals surface area contributed by atoms with Crippen LogP contribution in [0.2, 0.25) is 4.34 Å².